The van der Waals surface area contributed by atoms with Gasteiger partial charge in [-0.3, -0.25) is 0 Å². The summed E-state index contributed by atoms with van der Waals surface area (Å²) in [6, 6.07) is 0. The minimum absolute atomic E-state index is 0.518. The summed E-state index contributed by atoms with van der Waals surface area (Å²) in [5.74, 6) is 1.76. The van der Waals surface area contributed by atoms with Gasteiger partial charge in [-0.25, -0.2) is 4.79 Å². The molecule has 9 heavy (non-hydrogen) atoms. The van der Waals surface area contributed by atoms with Crippen molar-refractivity contribution in [1.82, 2.24) is 0 Å². The molecule has 0 saturated heterocycles. The second-order valence-electron chi connectivity index (χ2n) is 1.71. The van der Waals surface area contributed by atoms with Crippen molar-refractivity contribution in [1.29, 1.82) is 0 Å². The van der Waals surface area contributed by atoms with Gasteiger partial charge in [0.15, 0.2) is 0 Å². The molecule has 0 saturated carbocycles. The molecule has 50 valence electrons. The van der Waals surface area contributed by atoms with E-state index in [0.717, 1.165) is 12.0 Å². The van der Waals surface area contributed by atoms with E-state index in [1.165, 1.54) is 0 Å². The predicted molar refractivity (Wildman–Crippen MR) is 42.2 cm³/mol. The molecule has 0 aromatic carbocycles. The van der Waals surface area contributed by atoms with Crippen molar-refractivity contribution in [2.45, 2.75) is 20.3 Å². The Kier molecular flexibility index (Phi) is 4.37. The predicted octanol–water partition coefficient (Wildman–Crippen LogP) is 2.45. The lowest BCUT2D eigenvalue weighted by Crippen LogP contribution is -1.74. The summed E-state index contributed by atoms with van der Waals surface area (Å²) >= 11 is 3.07. The number of carbonyl (C=O) groups excluding carboxylic acids is 1. The average Bonchev–Trinajstić information content (AvgIpc) is 1.87. The van der Waals surface area contributed by atoms with E-state index in [9.17, 15) is 4.79 Å². The minimum atomic E-state index is 0.518. The van der Waals surface area contributed by atoms with Gasteiger partial charge in [0.25, 0.3) is 0 Å². The van der Waals surface area contributed by atoms with Crippen molar-refractivity contribution in [2.75, 3.05) is 0 Å². The molecular formula is C7H9BrO. The first-order chi connectivity index (χ1) is 4.22. The first-order valence-corrected chi connectivity index (χ1v) is 3.59. The maximum atomic E-state index is 9.97. The highest BCUT2D eigenvalue weighted by Crippen LogP contribution is 2.12. The van der Waals surface area contributed by atoms with E-state index >= 15 is 0 Å². The van der Waals surface area contributed by atoms with Crippen molar-refractivity contribution < 1.29 is 4.79 Å². The molecular weight excluding hydrogens is 180 g/mol. The molecule has 0 amide bonds. The van der Waals surface area contributed by atoms with Crippen LogP contribution in [0.5, 0.6) is 0 Å². The van der Waals surface area contributed by atoms with Gasteiger partial charge in [0.1, 0.15) is 10.4 Å². The lowest BCUT2D eigenvalue weighted by atomic mass is 10.2. The molecule has 0 radical (unpaired) electrons. The first-order valence-electron chi connectivity index (χ1n) is 2.80. The maximum Gasteiger partial charge on any atom is 0.140 e. The van der Waals surface area contributed by atoms with Gasteiger partial charge in [-0.2, -0.15) is 0 Å². The Labute approximate surface area is 63.6 Å². The fourth-order valence-electron chi connectivity index (χ4n) is 0.476. The van der Waals surface area contributed by atoms with Crippen molar-refractivity contribution in [3.05, 3.63) is 16.1 Å². The molecule has 1 nitrogen and oxygen atoms in total. The molecule has 0 rings (SSSR count). The van der Waals surface area contributed by atoms with Crippen LogP contribution in [0.3, 0.4) is 0 Å². The zero-order chi connectivity index (χ0) is 7.28. The monoisotopic (exact) mass is 188 g/mol. The Morgan fingerprint density at radius 3 is 2.67 bits per heavy atom. The first kappa shape index (κ1) is 8.67. The van der Waals surface area contributed by atoms with Gasteiger partial charge in [-0.1, -0.05) is 13.0 Å². The second kappa shape index (κ2) is 4.54. The summed E-state index contributed by atoms with van der Waals surface area (Å²) in [7, 11) is 0. The van der Waals surface area contributed by atoms with Crippen molar-refractivity contribution in [3.8, 4) is 0 Å². The zero-order valence-corrected chi connectivity index (χ0v) is 7.16. The number of hydrogen-bond donors (Lipinski definition) is 0. The van der Waals surface area contributed by atoms with Gasteiger partial charge in [-0.05, 0) is 34.8 Å². The van der Waals surface area contributed by atoms with Crippen LogP contribution in [0, 0.1) is 0 Å². The average molecular weight is 189 g/mol. The van der Waals surface area contributed by atoms with Gasteiger partial charge < -0.3 is 0 Å². The Morgan fingerprint density at radius 2 is 2.33 bits per heavy atom. The minimum Gasteiger partial charge on any atom is -0.232 e. The van der Waals surface area contributed by atoms with Gasteiger partial charge in [0, 0.05) is 0 Å². The molecule has 0 aromatic rings. The number of allylic oxidation sites excluding steroid dienone is 3. The molecule has 2 heteroatoms. The summed E-state index contributed by atoms with van der Waals surface area (Å²) in [6.07, 6.45) is 2.91. The number of hydrogen-bond acceptors (Lipinski definition) is 1. The molecule has 0 aromatic heterocycles. The molecule has 0 spiro atoms. The standard InChI is InChI=1S/C7H9BrO/c1-3-4-6(2)7(8)5-9/h4H,3H2,1-2H3/b6-4-. The van der Waals surface area contributed by atoms with Crippen LogP contribution in [0.25, 0.3) is 0 Å². The third-order valence-electron chi connectivity index (χ3n) is 0.946. The van der Waals surface area contributed by atoms with E-state index in [-0.39, 0.29) is 0 Å². The molecule has 0 aliphatic rings. The topological polar surface area (TPSA) is 17.1 Å². The van der Waals surface area contributed by atoms with Crippen LogP contribution >= 0.6 is 15.9 Å². The Balaban J connectivity index is 4.20. The molecule has 0 atom stereocenters. The third-order valence-corrected chi connectivity index (χ3v) is 1.73. The number of halogens is 1. The summed E-state index contributed by atoms with van der Waals surface area (Å²) in [4.78, 5) is 9.97. The summed E-state index contributed by atoms with van der Waals surface area (Å²) in [5, 5.41) is 0. The van der Waals surface area contributed by atoms with Crippen LogP contribution in [-0.4, -0.2) is 5.94 Å². The van der Waals surface area contributed by atoms with E-state index in [2.05, 4.69) is 15.9 Å². The van der Waals surface area contributed by atoms with Crippen molar-refractivity contribution >= 4 is 21.9 Å². The van der Waals surface area contributed by atoms with Crippen LogP contribution in [0.2, 0.25) is 0 Å². The highest BCUT2D eigenvalue weighted by atomic mass is 79.9. The van der Waals surface area contributed by atoms with Crippen molar-refractivity contribution in [2.24, 2.45) is 0 Å². The molecule has 0 fully saturated rings. The molecule has 0 unspecified atom stereocenters. The molecule has 0 heterocycles. The fourth-order valence-corrected chi connectivity index (χ4v) is 0.638. The smallest absolute Gasteiger partial charge is 0.140 e. The van der Waals surface area contributed by atoms with Crippen LogP contribution in [-0.2, 0) is 4.79 Å². The normalized spacial score (nSPS) is 10.8. The van der Waals surface area contributed by atoms with E-state index in [4.69, 9.17) is 0 Å². The highest BCUT2D eigenvalue weighted by molar-refractivity contribution is 9.12. The SMILES string of the molecule is CC/C=C(/C)C(Br)=C=O. The van der Waals surface area contributed by atoms with E-state index in [1.54, 1.807) is 5.94 Å². The van der Waals surface area contributed by atoms with Crippen molar-refractivity contribution in [3.63, 3.8) is 0 Å². The Bertz CT molecular complexity index is 164. The van der Waals surface area contributed by atoms with Crippen LogP contribution in [0.15, 0.2) is 16.1 Å². The van der Waals surface area contributed by atoms with Gasteiger partial charge in [0.05, 0.1) is 0 Å². The molecule has 0 aliphatic heterocycles. The largest absolute Gasteiger partial charge is 0.232 e. The molecule has 0 bridgehead atoms. The van der Waals surface area contributed by atoms with Crippen LogP contribution in [0.4, 0.5) is 0 Å². The lowest BCUT2D eigenvalue weighted by Gasteiger charge is -1.89. The summed E-state index contributed by atoms with van der Waals surface area (Å²) in [6.45, 7) is 3.90. The third kappa shape index (κ3) is 3.28. The van der Waals surface area contributed by atoms with Gasteiger partial charge in [-0.15, -0.1) is 0 Å². The quantitative estimate of drug-likeness (QED) is 0.481. The second-order valence-corrected chi connectivity index (χ2v) is 2.50. The Morgan fingerprint density at radius 1 is 1.78 bits per heavy atom. The van der Waals surface area contributed by atoms with Gasteiger partial charge >= 0.3 is 0 Å². The zero-order valence-electron chi connectivity index (χ0n) is 5.57. The van der Waals surface area contributed by atoms with E-state index < -0.39 is 0 Å². The van der Waals surface area contributed by atoms with Crippen LogP contribution in [0.1, 0.15) is 20.3 Å². The van der Waals surface area contributed by atoms with Gasteiger partial charge in [0.2, 0.25) is 0 Å². The van der Waals surface area contributed by atoms with Crippen LogP contribution < -0.4 is 0 Å². The van der Waals surface area contributed by atoms with E-state index in [1.807, 2.05) is 19.9 Å². The Hall–Kier alpha value is -0.330. The number of rotatable bonds is 2. The summed E-state index contributed by atoms with van der Waals surface area (Å²) in [5.41, 5.74) is 0.951. The van der Waals surface area contributed by atoms with E-state index in [0.29, 0.717) is 4.48 Å². The fraction of sp³-hybridized carbons (Fsp3) is 0.429. The summed E-state index contributed by atoms with van der Waals surface area (Å²) < 4.78 is 0.518. The highest BCUT2D eigenvalue weighted by Gasteiger charge is 1.91. The molecule has 0 aliphatic carbocycles. The maximum absolute atomic E-state index is 9.97. The molecule has 0 N–H and O–H groups in total. The lowest BCUT2D eigenvalue weighted by molar-refractivity contribution is 0.568.